The molecule has 0 saturated carbocycles. The Kier molecular flexibility index (Phi) is 3.57. The highest BCUT2D eigenvalue weighted by molar-refractivity contribution is 7.86. The van der Waals surface area contributed by atoms with Gasteiger partial charge in [-0.05, 0) is 43.4 Å². The lowest BCUT2D eigenvalue weighted by Gasteiger charge is -2.36. The van der Waals surface area contributed by atoms with Crippen molar-refractivity contribution < 1.29 is 22.5 Å². The van der Waals surface area contributed by atoms with Crippen molar-refractivity contribution in [1.82, 2.24) is 0 Å². The van der Waals surface area contributed by atoms with Crippen LogP contribution in [0, 0.1) is 11.3 Å². The van der Waals surface area contributed by atoms with Crippen molar-refractivity contribution >= 4 is 10.8 Å². The second kappa shape index (κ2) is 5.07. The van der Waals surface area contributed by atoms with Crippen LogP contribution in [0.25, 0.3) is 0 Å². The van der Waals surface area contributed by atoms with Crippen LogP contribution in [0.4, 0.5) is 13.2 Å². The van der Waals surface area contributed by atoms with Gasteiger partial charge in [0.1, 0.15) is 0 Å². The average molecular weight is 329 g/mol. The van der Waals surface area contributed by atoms with Crippen molar-refractivity contribution in [3.8, 4) is 6.07 Å². The Morgan fingerprint density at radius 1 is 1.27 bits per heavy atom. The summed E-state index contributed by atoms with van der Waals surface area (Å²) in [7, 11) is -1.00. The lowest BCUT2D eigenvalue weighted by Crippen LogP contribution is -2.40. The molecule has 0 spiro atoms. The number of benzene rings is 1. The molecule has 22 heavy (non-hydrogen) atoms. The first kappa shape index (κ1) is 15.5. The molecule has 2 aliphatic heterocycles. The molecule has 2 fully saturated rings. The molecule has 3 rings (SSSR count). The topological polar surface area (TPSA) is 61.1 Å². The SMILES string of the molecule is N#Cc1ccc(C2(O)CC3CCC(C2)S3=O)cc1C(F)(F)F. The summed E-state index contributed by atoms with van der Waals surface area (Å²) in [5, 5.41) is 19.3. The first-order valence-corrected chi connectivity index (χ1v) is 8.26. The van der Waals surface area contributed by atoms with Gasteiger partial charge in [-0.15, -0.1) is 0 Å². The predicted molar refractivity (Wildman–Crippen MR) is 74.2 cm³/mol. The number of fused-ring (bicyclic) bond motifs is 2. The predicted octanol–water partition coefficient (Wildman–Crippen LogP) is 2.84. The number of nitriles is 1. The fourth-order valence-corrected chi connectivity index (χ4v) is 5.64. The number of rotatable bonds is 1. The highest BCUT2D eigenvalue weighted by Gasteiger charge is 2.49. The normalized spacial score (nSPS) is 34.4. The molecule has 0 aliphatic carbocycles. The molecule has 0 aromatic heterocycles. The maximum atomic E-state index is 13.1. The van der Waals surface area contributed by atoms with E-state index in [1.165, 1.54) is 12.1 Å². The number of aliphatic hydroxyl groups is 1. The molecule has 2 unspecified atom stereocenters. The molecule has 0 radical (unpaired) electrons. The first-order chi connectivity index (χ1) is 10.2. The smallest absolute Gasteiger partial charge is 0.385 e. The fraction of sp³-hybridized carbons (Fsp3) is 0.533. The number of hydrogen-bond acceptors (Lipinski definition) is 3. The van der Waals surface area contributed by atoms with Crippen LogP contribution >= 0.6 is 0 Å². The Morgan fingerprint density at radius 2 is 1.86 bits per heavy atom. The van der Waals surface area contributed by atoms with Crippen LogP contribution in [-0.2, 0) is 22.6 Å². The van der Waals surface area contributed by atoms with Gasteiger partial charge in [-0.1, -0.05) is 6.07 Å². The van der Waals surface area contributed by atoms with Gasteiger partial charge in [-0.3, -0.25) is 4.21 Å². The molecule has 2 heterocycles. The molecule has 2 saturated heterocycles. The van der Waals surface area contributed by atoms with Gasteiger partial charge < -0.3 is 5.11 Å². The zero-order chi connectivity index (χ0) is 16.1. The van der Waals surface area contributed by atoms with E-state index in [9.17, 15) is 22.5 Å². The minimum absolute atomic E-state index is 0.159. The van der Waals surface area contributed by atoms with Crippen molar-refractivity contribution in [2.24, 2.45) is 0 Å². The summed E-state index contributed by atoms with van der Waals surface area (Å²) in [5.41, 5.74) is -2.72. The minimum Gasteiger partial charge on any atom is -0.385 e. The van der Waals surface area contributed by atoms with E-state index in [1.807, 2.05) is 0 Å². The van der Waals surface area contributed by atoms with Gasteiger partial charge in [0.05, 0.1) is 22.8 Å². The Balaban J connectivity index is 2.02. The largest absolute Gasteiger partial charge is 0.417 e. The van der Waals surface area contributed by atoms with Gasteiger partial charge in [0, 0.05) is 21.3 Å². The summed E-state index contributed by atoms with van der Waals surface area (Å²) in [4.78, 5) is 0. The summed E-state index contributed by atoms with van der Waals surface area (Å²) in [6, 6.07) is 4.88. The van der Waals surface area contributed by atoms with Crippen LogP contribution in [0.2, 0.25) is 0 Å². The lowest BCUT2D eigenvalue weighted by atomic mass is 9.84. The molecular formula is C15H14F3NO2S. The van der Waals surface area contributed by atoms with Crippen LogP contribution in [-0.4, -0.2) is 19.8 Å². The van der Waals surface area contributed by atoms with Crippen LogP contribution < -0.4 is 0 Å². The monoisotopic (exact) mass is 329 g/mol. The van der Waals surface area contributed by atoms with Gasteiger partial charge in [-0.2, -0.15) is 18.4 Å². The molecule has 3 nitrogen and oxygen atoms in total. The fourth-order valence-electron chi connectivity index (χ4n) is 3.48. The van der Waals surface area contributed by atoms with E-state index in [2.05, 4.69) is 0 Å². The van der Waals surface area contributed by atoms with Crippen LogP contribution in [0.1, 0.15) is 42.4 Å². The van der Waals surface area contributed by atoms with Crippen LogP contribution in [0.5, 0.6) is 0 Å². The second-order valence-electron chi connectivity index (χ2n) is 5.96. The van der Waals surface area contributed by atoms with E-state index in [0.717, 1.165) is 25.0 Å². The van der Waals surface area contributed by atoms with Crippen molar-refractivity contribution in [3.63, 3.8) is 0 Å². The van der Waals surface area contributed by atoms with Gasteiger partial charge in [-0.25, -0.2) is 0 Å². The van der Waals surface area contributed by atoms with Gasteiger partial charge in [0.15, 0.2) is 0 Å². The maximum absolute atomic E-state index is 13.1. The summed E-state index contributed by atoms with van der Waals surface area (Å²) >= 11 is 0. The molecule has 1 aromatic carbocycles. The zero-order valence-electron chi connectivity index (χ0n) is 11.6. The van der Waals surface area contributed by atoms with Crippen LogP contribution in [0.15, 0.2) is 18.2 Å². The van der Waals surface area contributed by atoms with E-state index >= 15 is 0 Å². The molecule has 1 N–H and O–H groups in total. The number of halogens is 3. The molecular weight excluding hydrogens is 315 g/mol. The molecule has 2 atom stereocenters. The Morgan fingerprint density at radius 3 is 2.36 bits per heavy atom. The second-order valence-corrected chi connectivity index (χ2v) is 7.95. The van der Waals surface area contributed by atoms with Crippen molar-refractivity contribution in [2.75, 3.05) is 0 Å². The lowest BCUT2D eigenvalue weighted by molar-refractivity contribution is -0.138. The third kappa shape index (κ3) is 2.44. The average Bonchev–Trinajstić information content (AvgIpc) is 2.69. The van der Waals surface area contributed by atoms with Crippen molar-refractivity contribution in [1.29, 1.82) is 5.26 Å². The molecule has 2 aliphatic rings. The third-order valence-corrected chi connectivity index (χ3v) is 6.70. The summed E-state index contributed by atoms with van der Waals surface area (Å²) in [5.74, 6) is 0. The summed E-state index contributed by atoms with van der Waals surface area (Å²) < 4.78 is 51.2. The van der Waals surface area contributed by atoms with Gasteiger partial charge in [0.25, 0.3) is 0 Å². The van der Waals surface area contributed by atoms with E-state index in [1.54, 1.807) is 0 Å². The first-order valence-electron chi connectivity index (χ1n) is 6.98. The van der Waals surface area contributed by atoms with E-state index in [0.29, 0.717) is 0 Å². The van der Waals surface area contributed by atoms with Crippen molar-refractivity contribution in [3.05, 3.63) is 34.9 Å². The number of alkyl halides is 3. The molecule has 118 valence electrons. The van der Waals surface area contributed by atoms with Gasteiger partial charge >= 0.3 is 6.18 Å². The van der Waals surface area contributed by atoms with Crippen molar-refractivity contribution in [2.45, 2.75) is 48.0 Å². The Labute approximate surface area is 128 Å². The van der Waals surface area contributed by atoms with E-state index < -0.39 is 33.7 Å². The number of nitrogens with zero attached hydrogens (tertiary/aromatic N) is 1. The van der Waals surface area contributed by atoms with E-state index in [-0.39, 0.29) is 28.9 Å². The highest BCUT2D eigenvalue weighted by Crippen LogP contribution is 2.46. The van der Waals surface area contributed by atoms with Gasteiger partial charge in [0.2, 0.25) is 0 Å². The molecule has 2 bridgehead atoms. The highest BCUT2D eigenvalue weighted by atomic mass is 32.2. The standard InChI is InChI=1S/C15H14F3NO2S/c16-15(17,18)13-5-10(2-1-9(13)8-19)14(20)6-11-3-4-12(7-14)22(11)21/h1-2,5,11-12,20H,3-4,6-7H2. The summed E-state index contributed by atoms with van der Waals surface area (Å²) in [6.07, 6.45) is -2.75. The maximum Gasteiger partial charge on any atom is 0.417 e. The van der Waals surface area contributed by atoms with E-state index in [4.69, 9.17) is 5.26 Å². The summed E-state index contributed by atoms with van der Waals surface area (Å²) in [6.45, 7) is 0. The van der Waals surface area contributed by atoms with Crippen LogP contribution in [0.3, 0.4) is 0 Å². The zero-order valence-corrected chi connectivity index (χ0v) is 12.4. The minimum atomic E-state index is -4.64. The molecule has 0 amide bonds. The molecule has 7 heteroatoms. The molecule has 1 aromatic rings. The Hall–Kier alpha value is -1.39. The third-order valence-electron chi connectivity index (χ3n) is 4.58. The quantitative estimate of drug-likeness (QED) is 0.862. The number of hydrogen-bond donors (Lipinski definition) is 1. The Bertz CT molecular complexity index is 664.